The van der Waals surface area contributed by atoms with E-state index in [1.54, 1.807) is 12.4 Å². The Morgan fingerprint density at radius 1 is 0.885 bits per heavy atom. The number of nitrogens with one attached hydrogen (secondary N) is 1. The van der Waals surface area contributed by atoms with Gasteiger partial charge in [-0.1, -0.05) is 48.9 Å². The zero-order chi connectivity index (χ0) is 17.6. The molecule has 2 aromatic carbocycles. The number of hydrogen-bond acceptors (Lipinski definition) is 3. The highest BCUT2D eigenvalue weighted by atomic mass is 15.0. The van der Waals surface area contributed by atoms with Crippen molar-refractivity contribution in [2.75, 3.05) is 5.73 Å². The largest absolute Gasteiger partial charge is 0.368 e. The van der Waals surface area contributed by atoms with Crippen molar-refractivity contribution < 1.29 is 0 Å². The summed E-state index contributed by atoms with van der Waals surface area (Å²) < 4.78 is 0. The normalized spacial score (nSPS) is 15.7. The van der Waals surface area contributed by atoms with Crippen molar-refractivity contribution in [3.63, 3.8) is 0 Å². The van der Waals surface area contributed by atoms with Gasteiger partial charge in [0, 0.05) is 34.6 Å². The molecular formula is C22H20N4. The van der Waals surface area contributed by atoms with Crippen molar-refractivity contribution >= 4 is 16.9 Å². The highest BCUT2D eigenvalue weighted by Crippen LogP contribution is 2.49. The van der Waals surface area contributed by atoms with E-state index in [4.69, 9.17) is 5.73 Å². The van der Waals surface area contributed by atoms with E-state index in [1.807, 2.05) is 0 Å². The molecule has 5 rings (SSSR count). The molecule has 0 unspecified atom stereocenters. The number of para-hydroxylation sites is 1. The number of hydrogen-bond donors (Lipinski definition) is 2. The van der Waals surface area contributed by atoms with E-state index in [9.17, 15) is 0 Å². The molecule has 0 saturated heterocycles. The highest BCUT2D eigenvalue weighted by Gasteiger charge is 2.41. The molecule has 0 amide bonds. The zero-order valence-corrected chi connectivity index (χ0v) is 14.4. The first kappa shape index (κ1) is 15.1. The predicted molar refractivity (Wildman–Crippen MR) is 105 cm³/mol. The molecule has 1 aliphatic rings. The molecule has 0 spiro atoms. The molecule has 0 atom stereocenters. The van der Waals surface area contributed by atoms with E-state index in [0.29, 0.717) is 5.95 Å². The molecule has 1 fully saturated rings. The number of nitrogens with zero attached hydrogens (tertiary/aromatic N) is 2. The van der Waals surface area contributed by atoms with Crippen molar-refractivity contribution in [1.29, 1.82) is 0 Å². The van der Waals surface area contributed by atoms with E-state index in [-0.39, 0.29) is 5.41 Å². The number of nitrogens with two attached hydrogens (primary N) is 1. The molecule has 3 N–H and O–H groups in total. The van der Waals surface area contributed by atoms with Crippen LogP contribution >= 0.6 is 0 Å². The summed E-state index contributed by atoms with van der Waals surface area (Å²) in [5.41, 5.74) is 11.7. The SMILES string of the molecule is Nc1ncc(-c2ccc(C3(c4cc5ccccc5[nH]4)CCC3)cc2)cn1. The van der Waals surface area contributed by atoms with Crippen LogP contribution in [0.1, 0.15) is 30.5 Å². The van der Waals surface area contributed by atoms with Crippen LogP contribution < -0.4 is 5.73 Å². The minimum Gasteiger partial charge on any atom is -0.368 e. The third kappa shape index (κ3) is 2.30. The Kier molecular flexibility index (Phi) is 3.32. The summed E-state index contributed by atoms with van der Waals surface area (Å²) in [7, 11) is 0. The first-order chi connectivity index (χ1) is 12.7. The molecule has 26 heavy (non-hydrogen) atoms. The van der Waals surface area contributed by atoms with Crippen LogP contribution in [0, 0.1) is 0 Å². The standard InChI is InChI=1S/C22H20N4/c23-21-24-13-17(14-25-21)15-6-8-18(9-7-15)22(10-3-11-22)20-12-16-4-1-2-5-19(16)26-20/h1-2,4-9,12-14,26H,3,10-11H2,(H2,23,24,25). The lowest BCUT2D eigenvalue weighted by Gasteiger charge is -2.42. The van der Waals surface area contributed by atoms with Gasteiger partial charge < -0.3 is 10.7 Å². The Balaban J connectivity index is 1.53. The van der Waals surface area contributed by atoms with Gasteiger partial charge in [-0.25, -0.2) is 9.97 Å². The minimum atomic E-state index is 0.106. The van der Waals surface area contributed by atoms with Gasteiger partial charge in [0.2, 0.25) is 5.95 Å². The van der Waals surface area contributed by atoms with Gasteiger partial charge in [0.1, 0.15) is 0 Å². The van der Waals surface area contributed by atoms with E-state index < -0.39 is 0 Å². The van der Waals surface area contributed by atoms with Gasteiger partial charge in [-0.05, 0) is 41.5 Å². The number of H-pyrrole nitrogens is 1. The molecule has 0 aliphatic heterocycles. The molecular weight excluding hydrogens is 320 g/mol. The number of benzene rings is 2. The van der Waals surface area contributed by atoms with Gasteiger partial charge in [0.25, 0.3) is 0 Å². The fourth-order valence-corrected chi connectivity index (χ4v) is 4.04. The number of fused-ring (bicyclic) bond motifs is 1. The van der Waals surface area contributed by atoms with Gasteiger partial charge in [0.15, 0.2) is 0 Å². The fraction of sp³-hybridized carbons (Fsp3) is 0.182. The number of anilines is 1. The number of aromatic nitrogens is 3. The summed E-state index contributed by atoms with van der Waals surface area (Å²) in [4.78, 5) is 11.8. The predicted octanol–water partition coefficient (Wildman–Crippen LogP) is 4.68. The summed E-state index contributed by atoms with van der Waals surface area (Å²) in [5.74, 6) is 0.303. The molecule has 4 nitrogen and oxygen atoms in total. The number of nitrogen functional groups attached to an aromatic ring is 1. The van der Waals surface area contributed by atoms with Crippen molar-refractivity contribution in [2.45, 2.75) is 24.7 Å². The summed E-state index contributed by atoms with van der Waals surface area (Å²) in [5, 5.41) is 1.28. The van der Waals surface area contributed by atoms with Gasteiger partial charge >= 0.3 is 0 Å². The van der Waals surface area contributed by atoms with Crippen LogP contribution in [0.25, 0.3) is 22.0 Å². The quantitative estimate of drug-likeness (QED) is 0.569. The van der Waals surface area contributed by atoms with E-state index >= 15 is 0 Å². The molecule has 4 heteroatoms. The van der Waals surface area contributed by atoms with E-state index in [0.717, 1.165) is 11.1 Å². The molecule has 1 aliphatic carbocycles. The van der Waals surface area contributed by atoms with Crippen LogP contribution in [0.5, 0.6) is 0 Å². The fourth-order valence-electron chi connectivity index (χ4n) is 4.04. The van der Waals surface area contributed by atoms with E-state index in [2.05, 4.69) is 69.5 Å². The summed E-state index contributed by atoms with van der Waals surface area (Å²) in [6, 6.07) is 19.6. The zero-order valence-electron chi connectivity index (χ0n) is 14.4. The lowest BCUT2D eigenvalue weighted by molar-refractivity contribution is 0.295. The molecule has 2 aromatic heterocycles. The van der Waals surface area contributed by atoms with Gasteiger partial charge in [-0.2, -0.15) is 0 Å². The van der Waals surface area contributed by atoms with Crippen LogP contribution in [-0.2, 0) is 5.41 Å². The second kappa shape index (κ2) is 5.70. The van der Waals surface area contributed by atoms with Crippen molar-refractivity contribution in [3.05, 3.63) is 78.2 Å². The first-order valence-electron chi connectivity index (χ1n) is 9.01. The van der Waals surface area contributed by atoms with Gasteiger partial charge in [-0.15, -0.1) is 0 Å². The molecule has 0 radical (unpaired) electrons. The van der Waals surface area contributed by atoms with Gasteiger partial charge in [0.05, 0.1) is 0 Å². The minimum absolute atomic E-state index is 0.106. The third-order valence-corrected chi connectivity index (χ3v) is 5.70. The topological polar surface area (TPSA) is 67.6 Å². The second-order valence-corrected chi connectivity index (χ2v) is 7.11. The number of rotatable bonds is 3. The van der Waals surface area contributed by atoms with Gasteiger partial charge in [-0.3, -0.25) is 0 Å². The molecule has 1 saturated carbocycles. The smallest absolute Gasteiger partial charge is 0.219 e. The third-order valence-electron chi connectivity index (χ3n) is 5.70. The second-order valence-electron chi connectivity index (χ2n) is 7.11. The highest BCUT2D eigenvalue weighted by molar-refractivity contribution is 5.81. The van der Waals surface area contributed by atoms with Crippen LogP contribution in [0.4, 0.5) is 5.95 Å². The number of aromatic amines is 1. The molecule has 0 bridgehead atoms. The van der Waals surface area contributed by atoms with Crippen LogP contribution in [0.15, 0.2) is 67.0 Å². The Hall–Kier alpha value is -3.14. The van der Waals surface area contributed by atoms with Crippen molar-refractivity contribution in [3.8, 4) is 11.1 Å². The monoisotopic (exact) mass is 340 g/mol. The first-order valence-corrected chi connectivity index (χ1v) is 9.01. The maximum absolute atomic E-state index is 5.58. The summed E-state index contributed by atoms with van der Waals surface area (Å²) in [6.45, 7) is 0. The van der Waals surface area contributed by atoms with Crippen LogP contribution in [0.3, 0.4) is 0 Å². The maximum atomic E-state index is 5.58. The van der Waals surface area contributed by atoms with Crippen molar-refractivity contribution in [1.82, 2.24) is 15.0 Å². The summed E-state index contributed by atoms with van der Waals surface area (Å²) in [6.07, 6.45) is 7.18. The van der Waals surface area contributed by atoms with Crippen LogP contribution in [0.2, 0.25) is 0 Å². The summed E-state index contributed by atoms with van der Waals surface area (Å²) >= 11 is 0. The average Bonchev–Trinajstić information content (AvgIpc) is 3.06. The Morgan fingerprint density at radius 2 is 1.62 bits per heavy atom. The lowest BCUT2D eigenvalue weighted by atomic mass is 9.62. The lowest BCUT2D eigenvalue weighted by Crippen LogP contribution is -2.35. The Bertz CT molecular complexity index is 1020. The molecule has 2 heterocycles. The average molecular weight is 340 g/mol. The van der Waals surface area contributed by atoms with E-state index in [1.165, 1.54) is 41.4 Å². The maximum Gasteiger partial charge on any atom is 0.219 e. The Labute approximate surface area is 152 Å². The van der Waals surface area contributed by atoms with Crippen molar-refractivity contribution in [2.24, 2.45) is 0 Å². The molecule has 4 aromatic rings. The molecule has 128 valence electrons. The van der Waals surface area contributed by atoms with Crippen LogP contribution in [-0.4, -0.2) is 15.0 Å². The Morgan fingerprint density at radius 3 is 2.27 bits per heavy atom.